The Morgan fingerprint density at radius 1 is 1.00 bits per heavy atom. The zero-order chi connectivity index (χ0) is 21.2. The molecule has 0 unspecified atom stereocenters. The molecule has 2 saturated heterocycles. The van der Waals surface area contributed by atoms with E-state index >= 15 is 0 Å². The molecule has 0 atom stereocenters. The molecule has 1 aromatic carbocycles. The minimum Gasteiger partial charge on any atom is -0.381 e. The van der Waals surface area contributed by atoms with E-state index < -0.39 is 0 Å². The first kappa shape index (κ1) is 22.6. The molecule has 0 bridgehead atoms. The maximum Gasteiger partial charge on any atom is 0.321 e. The second-order valence-electron chi connectivity index (χ2n) is 8.57. The van der Waals surface area contributed by atoms with E-state index in [0.717, 1.165) is 51.1 Å². The van der Waals surface area contributed by atoms with Gasteiger partial charge >= 0.3 is 6.03 Å². The van der Waals surface area contributed by atoms with Crippen LogP contribution in [-0.4, -0.2) is 61.1 Å². The van der Waals surface area contributed by atoms with Crippen LogP contribution in [0, 0.1) is 5.92 Å². The number of anilines is 1. The molecular weight excluding hydrogens is 378 g/mol. The zero-order valence-corrected chi connectivity index (χ0v) is 18.4. The first-order valence-corrected chi connectivity index (χ1v) is 11.7. The van der Waals surface area contributed by atoms with Crippen LogP contribution < -0.4 is 5.32 Å². The van der Waals surface area contributed by atoms with Crippen LogP contribution in [0.4, 0.5) is 10.5 Å². The number of rotatable bonds is 7. The van der Waals surface area contributed by atoms with Crippen LogP contribution in [0.2, 0.25) is 0 Å². The Morgan fingerprint density at radius 2 is 1.70 bits per heavy atom. The Morgan fingerprint density at radius 3 is 2.43 bits per heavy atom. The molecule has 0 aliphatic carbocycles. The van der Waals surface area contributed by atoms with Gasteiger partial charge in [0.1, 0.15) is 0 Å². The van der Waals surface area contributed by atoms with Crippen molar-refractivity contribution in [1.29, 1.82) is 0 Å². The van der Waals surface area contributed by atoms with Gasteiger partial charge in [-0.25, -0.2) is 4.79 Å². The predicted molar refractivity (Wildman–Crippen MR) is 120 cm³/mol. The van der Waals surface area contributed by atoms with E-state index in [1.165, 1.54) is 24.8 Å². The minimum atomic E-state index is -0.0764. The van der Waals surface area contributed by atoms with Crippen molar-refractivity contribution in [2.75, 3.05) is 44.7 Å². The Labute approximate surface area is 180 Å². The second kappa shape index (κ2) is 11.9. The number of urea groups is 1. The van der Waals surface area contributed by atoms with Gasteiger partial charge in [-0.1, -0.05) is 31.9 Å². The number of amides is 3. The molecule has 0 saturated carbocycles. The number of carbonyl (C=O) groups excluding carboxylic acids is 2. The third kappa shape index (κ3) is 7.01. The Hall–Kier alpha value is -2.08. The van der Waals surface area contributed by atoms with Crippen LogP contribution in [0.5, 0.6) is 0 Å². The van der Waals surface area contributed by atoms with Crippen molar-refractivity contribution in [3.8, 4) is 0 Å². The summed E-state index contributed by atoms with van der Waals surface area (Å²) in [4.78, 5) is 29.2. The maximum absolute atomic E-state index is 12.7. The van der Waals surface area contributed by atoms with Gasteiger partial charge in [0.2, 0.25) is 5.91 Å². The number of ether oxygens (including phenoxy) is 1. The predicted octanol–water partition coefficient (Wildman–Crippen LogP) is 4.30. The third-order valence-corrected chi connectivity index (χ3v) is 6.21. The Balaban J connectivity index is 1.44. The van der Waals surface area contributed by atoms with Gasteiger partial charge in [0.05, 0.1) is 0 Å². The van der Waals surface area contributed by atoms with Gasteiger partial charge in [0, 0.05) is 51.5 Å². The highest BCUT2D eigenvalue weighted by molar-refractivity contribution is 5.89. The summed E-state index contributed by atoms with van der Waals surface area (Å²) in [6.45, 7) is 6.37. The van der Waals surface area contributed by atoms with Gasteiger partial charge in [-0.05, 0) is 55.7 Å². The first-order valence-electron chi connectivity index (χ1n) is 11.7. The van der Waals surface area contributed by atoms with Gasteiger partial charge < -0.3 is 19.9 Å². The van der Waals surface area contributed by atoms with Gasteiger partial charge in [-0.15, -0.1) is 0 Å². The largest absolute Gasteiger partial charge is 0.381 e. The zero-order valence-electron chi connectivity index (χ0n) is 18.4. The fourth-order valence-electron chi connectivity index (χ4n) is 4.23. The molecule has 3 rings (SSSR count). The summed E-state index contributed by atoms with van der Waals surface area (Å²) in [5.74, 6) is 0.668. The van der Waals surface area contributed by atoms with Crippen LogP contribution in [0.15, 0.2) is 24.3 Å². The fourth-order valence-corrected chi connectivity index (χ4v) is 4.23. The molecule has 6 heteroatoms. The van der Waals surface area contributed by atoms with Crippen molar-refractivity contribution in [1.82, 2.24) is 9.80 Å². The highest BCUT2D eigenvalue weighted by Gasteiger charge is 2.25. The van der Waals surface area contributed by atoms with Crippen molar-refractivity contribution in [2.45, 2.75) is 58.3 Å². The van der Waals surface area contributed by atoms with E-state index in [1.807, 2.05) is 21.9 Å². The summed E-state index contributed by atoms with van der Waals surface area (Å²) < 4.78 is 5.39. The van der Waals surface area contributed by atoms with Crippen molar-refractivity contribution in [2.24, 2.45) is 5.92 Å². The lowest BCUT2D eigenvalue weighted by Gasteiger charge is -2.26. The van der Waals surface area contributed by atoms with Crippen molar-refractivity contribution in [3.63, 3.8) is 0 Å². The van der Waals surface area contributed by atoms with Crippen LogP contribution in [0.3, 0.4) is 0 Å². The lowest BCUT2D eigenvalue weighted by Crippen LogP contribution is -2.39. The molecule has 1 N–H and O–H groups in total. The molecule has 1 aromatic rings. The highest BCUT2D eigenvalue weighted by Crippen LogP contribution is 2.20. The summed E-state index contributed by atoms with van der Waals surface area (Å²) in [6, 6.07) is 8.10. The lowest BCUT2D eigenvalue weighted by molar-refractivity contribution is -0.132. The third-order valence-electron chi connectivity index (χ3n) is 6.21. The van der Waals surface area contributed by atoms with Crippen LogP contribution in [-0.2, 0) is 16.0 Å². The molecule has 2 heterocycles. The standard InChI is InChI=1S/C24H37N3O3/c1-2-3-4-6-20-7-9-22(10-8-20)25-24(29)27-14-5-13-26(15-16-27)23(28)19-21-11-17-30-18-12-21/h7-10,21H,2-6,11-19H2,1H3,(H,25,29). The molecule has 166 valence electrons. The second-order valence-corrected chi connectivity index (χ2v) is 8.57. The number of hydrogen-bond acceptors (Lipinski definition) is 3. The molecule has 2 aliphatic rings. The Kier molecular flexibility index (Phi) is 9.00. The lowest BCUT2D eigenvalue weighted by atomic mass is 9.96. The van der Waals surface area contributed by atoms with Crippen molar-refractivity contribution >= 4 is 17.6 Å². The molecule has 2 fully saturated rings. The number of carbonyl (C=O) groups is 2. The minimum absolute atomic E-state index is 0.0764. The molecule has 30 heavy (non-hydrogen) atoms. The fraction of sp³-hybridized carbons (Fsp3) is 0.667. The number of nitrogens with one attached hydrogen (secondary N) is 1. The number of aryl methyl sites for hydroxylation is 1. The molecule has 0 aromatic heterocycles. The van der Waals surface area contributed by atoms with Crippen LogP contribution >= 0.6 is 0 Å². The molecule has 0 radical (unpaired) electrons. The number of nitrogens with zero attached hydrogens (tertiary/aromatic N) is 2. The smallest absolute Gasteiger partial charge is 0.321 e. The van der Waals surface area contributed by atoms with E-state index in [9.17, 15) is 9.59 Å². The van der Waals surface area contributed by atoms with E-state index in [1.54, 1.807) is 0 Å². The maximum atomic E-state index is 12.7. The van der Waals surface area contributed by atoms with E-state index in [-0.39, 0.29) is 11.9 Å². The monoisotopic (exact) mass is 415 g/mol. The van der Waals surface area contributed by atoms with Gasteiger partial charge in [-0.3, -0.25) is 4.79 Å². The topological polar surface area (TPSA) is 61.9 Å². The molecule has 6 nitrogen and oxygen atoms in total. The van der Waals surface area contributed by atoms with E-state index in [2.05, 4.69) is 24.4 Å². The van der Waals surface area contributed by atoms with Crippen molar-refractivity contribution < 1.29 is 14.3 Å². The number of benzene rings is 1. The SMILES string of the molecule is CCCCCc1ccc(NC(=O)N2CCCN(C(=O)CC3CCOCC3)CC2)cc1. The van der Waals surface area contributed by atoms with Crippen LogP contribution in [0.1, 0.15) is 57.4 Å². The molecule has 0 spiro atoms. The Bertz CT molecular complexity index is 671. The molecule has 3 amide bonds. The summed E-state index contributed by atoms with van der Waals surface area (Å²) >= 11 is 0. The molecular formula is C24H37N3O3. The summed E-state index contributed by atoms with van der Waals surface area (Å²) in [5.41, 5.74) is 2.14. The van der Waals surface area contributed by atoms with E-state index in [0.29, 0.717) is 32.0 Å². The first-order chi connectivity index (χ1) is 14.7. The average Bonchev–Trinajstić information content (AvgIpc) is 3.02. The van der Waals surface area contributed by atoms with Crippen molar-refractivity contribution in [3.05, 3.63) is 29.8 Å². The summed E-state index contributed by atoms with van der Waals surface area (Å²) in [5, 5.41) is 3.01. The highest BCUT2D eigenvalue weighted by atomic mass is 16.5. The van der Waals surface area contributed by atoms with Gasteiger partial charge in [0.25, 0.3) is 0 Å². The quantitative estimate of drug-likeness (QED) is 0.675. The van der Waals surface area contributed by atoms with Gasteiger partial charge in [0.15, 0.2) is 0 Å². The molecule has 2 aliphatic heterocycles. The summed E-state index contributed by atoms with van der Waals surface area (Å²) in [7, 11) is 0. The number of hydrogen-bond donors (Lipinski definition) is 1. The van der Waals surface area contributed by atoms with E-state index in [4.69, 9.17) is 4.74 Å². The van der Waals surface area contributed by atoms with Gasteiger partial charge in [-0.2, -0.15) is 0 Å². The van der Waals surface area contributed by atoms with Crippen LogP contribution in [0.25, 0.3) is 0 Å². The normalized spacial score (nSPS) is 18.2. The average molecular weight is 416 g/mol. The summed E-state index contributed by atoms with van der Waals surface area (Å²) in [6.07, 6.45) is 8.16. The number of unbranched alkanes of at least 4 members (excludes halogenated alkanes) is 2.